The monoisotopic (exact) mass is 309 g/mol. The molecule has 1 N–H and O–H groups in total. The molecule has 1 spiro atoms. The number of carbonyl (C=O) groups is 1. The molecule has 0 saturated carbocycles. The van der Waals surface area contributed by atoms with Crippen LogP contribution in [0.4, 0.5) is 0 Å². The number of halogens is 1. The summed E-state index contributed by atoms with van der Waals surface area (Å²) >= 11 is 3.33. The summed E-state index contributed by atoms with van der Waals surface area (Å²) in [5, 5.41) is 3.40. The number of hydrogen-bond acceptors (Lipinski definition) is 3. The fourth-order valence-corrected chi connectivity index (χ4v) is 3.15. The topological polar surface area (TPSA) is 45.2 Å². The molecule has 18 heavy (non-hydrogen) atoms. The second kappa shape index (κ2) is 4.63. The van der Waals surface area contributed by atoms with Gasteiger partial charge in [-0.25, -0.2) is 4.98 Å². The second-order valence-corrected chi connectivity index (χ2v) is 6.18. The largest absolute Gasteiger partial charge is 0.337 e. The number of aromatic nitrogens is 1. The van der Waals surface area contributed by atoms with Gasteiger partial charge in [0.15, 0.2) is 0 Å². The van der Waals surface area contributed by atoms with Gasteiger partial charge in [-0.3, -0.25) is 4.79 Å². The molecule has 1 amide bonds. The van der Waals surface area contributed by atoms with Crippen LogP contribution >= 0.6 is 15.9 Å². The van der Waals surface area contributed by atoms with Crippen LogP contribution in [0.15, 0.2) is 22.8 Å². The van der Waals surface area contributed by atoms with E-state index in [9.17, 15) is 4.79 Å². The van der Waals surface area contributed by atoms with Crippen LogP contribution in [-0.4, -0.2) is 42.0 Å². The molecule has 1 atom stereocenters. The van der Waals surface area contributed by atoms with Crippen LogP contribution in [-0.2, 0) is 0 Å². The van der Waals surface area contributed by atoms with E-state index in [1.54, 1.807) is 12.3 Å². The van der Waals surface area contributed by atoms with Crippen LogP contribution < -0.4 is 5.32 Å². The lowest BCUT2D eigenvalue weighted by Crippen LogP contribution is -2.33. The molecule has 1 aromatic heterocycles. The lowest BCUT2D eigenvalue weighted by Gasteiger charge is -2.22. The van der Waals surface area contributed by atoms with Crippen LogP contribution in [0, 0.1) is 5.41 Å². The maximum Gasteiger partial charge on any atom is 0.272 e. The van der Waals surface area contributed by atoms with Crippen molar-refractivity contribution in [1.82, 2.24) is 15.2 Å². The Balaban J connectivity index is 1.72. The van der Waals surface area contributed by atoms with Gasteiger partial charge in [0, 0.05) is 35.7 Å². The Morgan fingerprint density at radius 3 is 3.00 bits per heavy atom. The lowest BCUT2D eigenvalue weighted by atomic mass is 9.87. The lowest BCUT2D eigenvalue weighted by molar-refractivity contribution is 0.0770. The summed E-state index contributed by atoms with van der Waals surface area (Å²) in [6, 6.07) is 3.65. The molecule has 0 radical (unpaired) electrons. The summed E-state index contributed by atoms with van der Waals surface area (Å²) in [6.45, 7) is 3.86. The van der Waals surface area contributed by atoms with Crippen molar-refractivity contribution in [2.75, 3.05) is 26.2 Å². The van der Waals surface area contributed by atoms with Crippen molar-refractivity contribution in [3.63, 3.8) is 0 Å². The van der Waals surface area contributed by atoms with Gasteiger partial charge in [-0.2, -0.15) is 0 Å². The van der Waals surface area contributed by atoms with Crippen molar-refractivity contribution in [3.05, 3.63) is 28.5 Å². The van der Waals surface area contributed by atoms with Crippen molar-refractivity contribution < 1.29 is 4.79 Å². The molecule has 0 aromatic carbocycles. The summed E-state index contributed by atoms with van der Waals surface area (Å²) in [6.07, 6.45) is 3.98. The number of rotatable bonds is 1. The molecular weight excluding hydrogens is 294 g/mol. The van der Waals surface area contributed by atoms with Crippen molar-refractivity contribution in [2.45, 2.75) is 12.8 Å². The van der Waals surface area contributed by atoms with E-state index in [4.69, 9.17) is 0 Å². The highest BCUT2D eigenvalue weighted by Crippen LogP contribution is 2.36. The Labute approximate surface area is 115 Å². The summed E-state index contributed by atoms with van der Waals surface area (Å²) in [4.78, 5) is 18.5. The van der Waals surface area contributed by atoms with E-state index in [0.29, 0.717) is 11.1 Å². The molecule has 3 rings (SSSR count). The highest BCUT2D eigenvalue weighted by Gasteiger charge is 2.42. The third kappa shape index (κ3) is 2.17. The quantitative estimate of drug-likeness (QED) is 0.858. The molecule has 2 fully saturated rings. The maximum atomic E-state index is 12.3. The summed E-state index contributed by atoms with van der Waals surface area (Å²) in [7, 11) is 0. The van der Waals surface area contributed by atoms with E-state index >= 15 is 0 Å². The summed E-state index contributed by atoms with van der Waals surface area (Å²) in [5.41, 5.74) is 0.867. The Morgan fingerprint density at radius 2 is 2.33 bits per heavy atom. The zero-order valence-electron chi connectivity index (χ0n) is 10.2. The van der Waals surface area contributed by atoms with Gasteiger partial charge >= 0.3 is 0 Å². The minimum absolute atomic E-state index is 0.0614. The molecule has 96 valence electrons. The third-order valence-corrected chi connectivity index (χ3v) is 4.47. The van der Waals surface area contributed by atoms with Crippen LogP contribution in [0.25, 0.3) is 0 Å². The fraction of sp³-hybridized carbons (Fsp3) is 0.538. The van der Waals surface area contributed by atoms with E-state index in [2.05, 4.69) is 26.2 Å². The standard InChI is InChI=1S/C13H16BrN3O/c14-10-1-2-11(16-7-10)12(18)17-6-4-13(9-17)3-5-15-8-13/h1-2,7,15H,3-6,8-9H2. The first-order chi connectivity index (χ1) is 8.69. The molecule has 2 saturated heterocycles. The minimum Gasteiger partial charge on any atom is -0.337 e. The Kier molecular flexibility index (Phi) is 3.11. The molecular formula is C13H16BrN3O. The normalized spacial score (nSPS) is 27.1. The zero-order valence-corrected chi connectivity index (χ0v) is 11.7. The van der Waals surface area contributed by atoms with Crippen LogP contribution in [0.3, 0.4) is 0 Å². The number of pyridine rings is 1. The first kappa shape index (κ1) is 12.1. The molecule has 2 aliphatic rings. The number of carbonyl (C=O) groups excluding carboxylic acids is 1. The summed E-state index contributed by atoms with van der Waals surface area (Å²) in [5.74, 6) is 0.0614. The molecule has 1 unspecified atom stereocenters. The number of amides is 1. The van der Waals surface area contributed by atoms with Crippen molar-refractivity contribution in [3.8, 4) is 0 Å². The van der Waals surface area contributed by atoms with Gasteiger partial charge in [-0.05, 0) is 47.4 Å². The highest BCUT2D eigenvalue weighted by molar-refractivity contribution is 9.10. The van der Waals surface area contributed by atoms with Crippen LogP contribution in [0.1, 0.15) is 23.3 Å². The van der Waals surface area contributed by atoms with Crippen molar-refractivity contribution >= 4 is 21.8 Å². The van der Waals surface area contributed by atoms with E-state index in [0.717, 1.165) is 37.1 Å². The molecule has 5 heteroatoms. The number of nitrogens with zero attached hydrogens (tertiary/aromatic N) is 2. The average molecular weight is 310 g/mol. The zero-order chi connectivity index (χ0) is 12.6. The van der Waals surface area contributed by atoms with Gasteiger partial charge < -0.3 is 10.2 Å². The Bertz CT molecular complexity index is 454. The number of nitrogens with one attached hydrogen (secondary N) is 1. The smallest absolute Gasteiger partial charge is 0.272 e. The minimum atomic E-state index is 0.0614. The predicted molar refractivity (Wildman–Crippen MR) is 72.4 cm³/mol. The first-order valence-electron chi connectivity index (χ1n) is 6.30. The van der Waals surface area contributed by atoms with E-state index in [1.165, 1.54) is 6.42 Å². The average Bonchev–Trinajstić information content (AvgIpc) is 3.01. The van der Waals surface area contributed by atoms with Gasteiger partial charge in [0.25, 0.3) is 5.91 Å². The van der Waals surface area contributed by atoms with Gasteiger partial charge in [0.2, 0.25) is 0 Å². The predicted octanol–water partition coefficient (Wildman–Crippen LogP) is 1.67. The van der Waals surface area contributed by atoms with E-state index < -0.39 is 0 Å². The SMILES string of the molecule is O=C(c1ccc(Br)cn1)N1CCC2(CCNC2)C1. The van der Waals surface area contributed by atoms with Crippen LogP contribution in [0.5, 0.6) is 0 Å². The Morgan fingerprint density at radius 1 is 1.44 bits per heavy atom. The molecule has 1 aromatic rings. The van der Waals surface area contributed by atoms with Crippen molar-refractivity contribution in [2.24, 2.45) is 5.41 Å². The second-order valence-electron chi connectivity index (χ2n) is 5.27. The van der Waals surface area contributed by atoms with E-state index in [1.807, 2.05) is 11.0 Å². The van der Waals surface area contributed by atoms with Gasteiger partial charge in [0.05, 0.1) is 0 Å². The third-order valence-electron chi connectivity index (χ3n) is 4.00. The molecule has 4 nitrogen and oxygen atoms in total. The fourth-order valence-electron chi connectivity index (χ4n) is 2.92. The summed E-state index contributed by atoms with van der Waals surface area (Å²) < 4.78 is 0.900. The van der Waals surface area contributed by atoms with Crippen LogP contribution in [0.2, 0.25) is 0 Å². The van der Waals surface area contributed by atoms with Gasteiger partial charge in [0.1, 0.15) is 5.69 Å². The molecule has 2 aliphatic heterocycles. The van der Waals surface area contributed by atoms with Gasteiger partial charge in [-0.15, -0.1) is 0 Å². The van der Waals surface area contributed by atoms with Gasteiger partial charge in [-0.1, -0.05) is 0 Å². The molecule has 0 aliphatic carbocycles. The number of likely N-dealkylation sites (tertiary alicyclic amines) is 1. The molecule has 3 heterocycles. The maximum absolute atomic E-state index is 12.3. The highest BCUT2D eigenvalue weighted by atomic mass is 79.9. The first-order valence-corrected chi connectivity index (χ1v) is 7.09. The Hall–Kier alpha value is -0.940. The van der Waals surface area contributed by atoms with Crippen molar-refractivity contribution in [1.29, 1.82) is 0 Å². The number of hydrogen-bond donors (Lipinski definition) is 1. The molecule has 0 bridgehead atoms. The van der Waals surface area contributed by atoms with E-state index in [-0.39, 0.29) is 5.91 Å².